The molecule has 102 valence electrons. The minimum Gasteiger partial charge on any atom is -0.379 e. The summed E-state index contributed by atoms with van der Waals surface area (Å²) >= 11 is 12.4. The number of rotatable bonds is 2. The Labute approximate surface area is 122 Å². The smallest absolute Gasteiger partial charge is 0.128 e. The topological polar surface area (TPSA) is 27.1 Å². The van der Waals surface area contributed by atoms with Gasteiger partial charge in [0.2, 0.25) is 0 Å². The van der Waals surface area contributed by atoms with Crippen molar-refractivity contribution in [3.05, 3.63) is 29.0 Å². The van der Waals surface area contributed by atoms with Gasteiger partial charge in [-0.15, -0.1) is 11.6 Å². The van der Waals surface area contributed by atoms with Crippen molar-refractivity contribution in [1.29, 1.82) is 0 Å². The number of alkyl halides is 1. The van der Waals surface area contributed by atoms with Gasteiger partial charge in [-0.2, -0.15) is 0 Å². The van der Waals surface area contributed by atoms with Crippen molar-refractivity contribution >= 4 is 34.2 Å². The maximum absolute atomic E-state index is 6.30. The summed E-state index contributed by atoms with van der Waals surface area (Å²) < 4.78 is 7.80. The lowest BCUT2D eigenvalue weighted by atomic mass is 10.0. The molecule has 19 heavy (non-hydrogen) atoms. The van der Waals surface area contributed by atoms with E-state index < -0.39 is 0 Å². The van der Waals surface area contributed by atoms with Crippen molar-refractivity contribution < 1.29 is 4.74 Å². The standard InChI is InChI=1S/C14H16Cl2N2O/c1-9(15)13-17-11-7-10(16)3-4-12(11)18(13)14(2)5-6-19-8-14/h3-4,7,9H,5-6,8H2,1-2H3. The van der Waals surface area contributed by atoms with Crippen molar-refractivity contribution in [3.8, 4) is 0 Å². The largest absolute Gasteiger partial charge is 0.379 e. The first-order valence-corrected chi connectivity index (χ1v) is 7.23. The molecule has 1 aliphatic rings. The number of ether oxygens (including phenoxy) is 1. The molecule has 2 atom stereocenters. The lowest BCUT2D eigenvalue weighted by Crippen LogP contribution is -2.32. The predicted molar refractivity (Wildman–Crippen MR) is 78.1 cm³/mol. The number of hydrogen-bond donors (Lipinski definition) is 0. The van der Waals surface area contributed by atoms with Gasteiger partial charge in [0.05, 0.1) is 28.6 Å². The van der Waals surface area contributed by atoms with Gasteiger partial charge >= 0.3 is 0 Å². The zero-order valence-corrected chi connectivity index (χ0v) is 12.5. The van der Waals surface area contributed by atoms with E-state index >= 15 is 0 Å². The van der Waals surface area contributed by atoms with Gasteiger partial charge in [-0.3, -0.25) is 0 Å². The summed E-state index contributed by atoms with van der Waals surface area (Å²) in [6, 6.07) is 5.79. The SMILES string of the molecule is CC(Cl)c1nc2cc(Cl)ccc2n1C1(C)CCOC1. The maximum atomic E-state index is 6.30. The van der Waals surface area contributed by atoms with E-state index in [0.29, 0.717) is 11.6 Å². The van der Waals surface area contributed by atoms with Crippen molar-refractivity contribution in [2.45, 2.75) is 31.2 Å². The molecule has 1 aliphatic heterocycles. The summed E-state index contributed by atoms with van der Waals surface area (Å²) in [4.78, 5) is 4.65. The van der Waals surface area contributed by atoms with Crippen molar-refractivity contribution in [3.63, 3.8) is 0 Å². The molecule has 2 unspecified atom stereocenters. The Hall–Kier alpha value is -0.770. The Kier molecular flexibility index (Phi) is 3.24. The van der Waals surface area contributed by atoms with Gasteiger partial charge in [0.25, 0.3) is 0 Å². The van der Waals surface area contributed by atoms with Crippen LogP contribution in [0.1, 0.15) is 31.5 Å². The fraction of sp³-hybridized carbons (Fsp3) is 0.500. The molecule has 0 spiro atoms. The van der Waals surface area contributed by atoms with Crippen LogP contribution in [0.15, 0.2) is 18.2 Å². The molecular weight excluding hydrogens is 283 g/mol. The Bertz CT molecular complexity index is 615. The number of fused-ring (bicyclic) bond motifs is 1. The van der Waals surface area contributed by atoms with Crippen molar-refractivity contribution in [1.82, 2.24) is 9.55 Å². The third-order valence-corrected chi connectivity index (χ3v) is 4.17. The summed E-state index contributed by atoms with van der Waals surface area (Å²) in [5.41, 5.74) is 1.88. The van der Waals surface area contributed by atoms with E-state index in [1.165, 1.54) is 0 Å². The zero-order valence-electron chi connectivity index (χ0n) is 11.0. The lowest BCUT2D eigenvalue weighted by molar-refractivity contribution is 0.162. The molecule has 3 rings (SSSR count). The van der Waals surface area contributed by atoms with Crippen LogP contribution in [0.2, 0.25) is 5.02 Å². The van der Waals surface area contributed by atoms with Gasteiger partial charge in [0, 0.05) is 11.6 Å². The highest BCUT2D eigenvalue weighted by molar-refractivity contribution is 6.31. The molecule has 0 N–H and O–H groups in total. The highest BCUT2D eigenvalue weighted by atomic mass is 35.5. The summed E-state index contributed by atoms with van der Waals surface area (Å²) in [5, 5.41) is 0.544. The molecule has 0 saturated carbocycles. The molecule has 0 aliphatic carbocycles. The quantitative estimate of drug-likeness (QED) is 0.780. The number of nitrogens with zero attached hydrogens (tertiary/aromatic N) is 2. The van der Waals surface area contributed by atoms with E-state index in [1.54, 1.807) is 0 Å². The highest BCUT2D eigenvalue weighted by Crippen LogP contribution is 2.36. The first kappa shape index (κ1) is 13.2. The zero-order chi connectivity index (χ0) is 13.6. The number of hydrogen-bond acceptors (Lipinski definition) is 2. The summed E-state index contributed by atoms with van der Waals surface area (Å²) in [6.45, 7) is 5.61. The molecule has 0 radical (unpaired) electrons. The van der Waals surface area contributed by atoms with Gasteiger partial charge in [-0.25, -0.2) is 4.98 Å². The Morgan fingerprint density at radius 3 is 2.89 bits per heavy atom. The van der Waals surface area contributed by atoms with Gasteiger partial charge in [0.1, 0.15) is 5.82 Å². The normalized spacial score (nSPS) is 25.1. The van der Waals surface area contributed by atoms with E-state index in [0.717, 1.165) is 29.9 Å². The molecule has 1 aromatic carbocycles. The minimum atomic E-state index is -0.149. The lowest BCUT2D eigenvalue weighted by Gasteiger charge is -2.27. The van der Waals surface area contributed by atoms with E-state index in [9.17, 15) is 0 Å². The molecule has 0 amide bonds. The van der Waals surface area contributed by atoms with Crippen molar-refractivity contribution in [2.24, 2.45) is 0 Å². The molecule has 3 nitrogen and oxygen atoms in total. The van der Waals surface area contributed by atoms with E-state index in [2.05, 4.69) is 16.5 Å². The van der Waals surface area contributed by atoms with Crippen LogP contribution in [0, 0.1) is 0 Å². The van der Waals surface area contributed by atoms with Gasteiger partial charge in [0.15, 0.2) is 0 Å². The molecule has 1 saturated heterocycles. The molecule has 0 bridgehead atoms. The van der Waals surface area contributed by atoms with Crippen LogP contribution in [-0.2, 0) is 10.3 Å². The predicted octanol–water partition coefficient (Wildman–Crippen LogP) is 4.13. The molecular formula is C14H16Cl2N2O. The molecule has 5 heteroatoms. The Morgan fingerprint density at radius 1 is 1.47 bits per heavy atom. The number of imidazole rings is 1. The van der Waals surface area contributed by atoms with E-state index in [-0.39, 0.29) is 10.9 Å². The highest BCUT2D eigenvalue weighted by Gasteiger charge is 2.35. The maximum Gasteiger partial charge on any atom is 0.128 e. The van der Waals surface area contributed by atoms with Crippen LogP contribution in [0.4, 0.5) is 0 Å². The molecule has 1 aromatic heterocycles. The monoisotopic (exact) mass is 298 g/mol. The van der Waals surface area contributed by atoms with Crippen LogP contribution in [0.25, 0.3) is 11.0 Å². The second-order valence-corrected chi connectivity index (χ2v) is 6.45. The van der Waals surface area contributed by atoms with Crippen LogP contribution < -0.4 is 0 Å². The second kappa shape index (κ2) is 4.65. The second-order valence-electron chi connectivity index (χ2n) is 5.35. The van der Waals surface area contributed by atoms with Crippen LogP contribution >= 0.6 is 23.2 Å². The first-order chi connectivity index (χ1) is 9.01. The number of halogens is 2. The van der Waals surface area contributed by atoms with Gasteiger partial charge < -0.3 is 9.30 Å². The van der Waals surface area contributed by atoms with Crippen LogP contribution in [0.3, 0.4) is 0 Å². The van der Waals surface area contributed by atoms with E-state index in [1.807, 2.05) is 25.1 Å². The average Bonchev–Trinajstić information content (AvgIpc) is 2.93. The van der Waals surface area contributed by atoms with E-state index in [4.69, 9.17) is 27.9 Å². The van der Waals surface area contributed by atoms with Gasteiger partial charge in [-0.05, 0) is 38.5 Å². The minimum absolute atomic E-state index is 0.0823. The third-order valence-electron chi connectivity index (χ3n) is 3.74. The fourth-order valence-electron chi connectivity index (χ4n) is 2.74. The Balaban J connectivity index is 2.28. The summed E-state index contributed by atoms with van der Waals surface area (Å²) in [5.74, 6) is 0.881. The molecule has 2 heterocycles. The average molecular weight is 299 g/mol. The number of aromatic nitrogens is 2. The Morgan fingerprint density at radius 2 is 2.26 bits per heavy atom. The molecule has 2 aromatic rings. The van der Waals surface area contributed by atoms with Crippen molar-refractivity contribution in [2.75, 3.05) is 13.2 Å². The third kappa shape index (κ3) is 2.14. The number of benzene rings is 1. The molecule has 1 fully saturated rings. The fourth-order valence-corrected chi connectivity index (χ4v) is 3.05. The first-order valence-electron chi connectivity index (χ1n) is 6.41. The summed E-state index contributed by atoms with van der Waals surface area (Å²) in [7, 11) is 0. The summed E-state index contributed by atoms with van der Waals surface area (Å²) in [6.07, 6.45) is 0.970. The van der Waals surface area contributed by atoms with Crippen LogP contribution in [0.5, 0.6) is 0 Å². The van der Waals surface area contributed by atoms with Gasteiger partial charge in [-0.1, -0.05) is 11.6 Å². The van der Waals surface area contributed by atoms with Crippen LogP contribution in [-0.4, -0.2) is 22.8 Å².